The minimum atomic E-state index is 0.131. The van der Waals surface area contributed by atoms with Crippen molar-refractivity contribution in [1.29, 1.82) is 0 Å². The fraction of sp³-hybridized carbons (Fsp3) is 0.368. The Morgan fingerprint density at radius 3 is 2.62 bits per heavy atom. The predicted octanol–water partition coefficient (Wildman–Crippen LogP) is 2.50. The molecule has 0 spiro atoms. The molecule has 1 aliphatic heterocycles. The summed E-state index contributed by atoms with van der Waals surface area (Å²) in [4.78, 5) is 20.6. The van der Waals surface area contributed by atoms with Crippen molar-refractivity contribution in [3.05, 3.63) is 59.9 Å². The number of carbonyl (C=O) groups excluding carboxylic acids is 1. The SMILES string of the molecule is COc1ccc([C@H]2CN(C(C)=O)CCN2Cc2ccccn2)cc1. The molecule has 1 fully saturated rings. The number of rotatable bonds is 4. The van der Waals surface area contributed by atoms with Crippen LogP contribution in [0.1, 0.15) is 24.2 Å². The van der Waals surface area contributed by atoms with Crippen molar-refractivity contribution in [3.63, 3.8) is 0 Å². The Morgan fingerprint density at radius 2 is 2.00 bits per heavy atom. The van der Waals surface area contributed by atoms with Crippen LogP contribution in [0.25, 0.3) is 0 Å². The van der Waals surface area contributed by atoms with E-state index in [2.05, 4.69) is 22.0 Å². The summed E-state index contributed by atoms with van der Waals surface area (Å²) in [6, 6.07) is 14.3. The fourth-order valence-electron chi connectivity index (χ4n) is 3.14. The molecule has 1 atom stereocenters. The number of amides is 1. The van der Waals surface area contributed by atoms with Gasteiger partial charge in [-0.2, -0.15) is 0 Å². The molecule has 1 aromatic carbocycles. The van der Waals surface area contributed by atoms with Crippen molar-refractivity contribution >= 4 is 5.91 Å². The Hall–Kier alpha value is -2.40. The van der Waals surface area contributed by atoms with E-state index in [1.807, 2.05) is 41.4 Å². The van der Waals surface area contributed by atoms with Gasteiger partial charge in [-0.1, -0.05) is 18.2 Å². The smallest absolute Gasteiger partial charge is 0.219 e. The lowest BCUT2D eigenvalue weighted by Gasteiger charge is -2.41. The summed E-state index contributed by atoms with van der Waals surface area (Å²) in [7, 11) is 1.67. The Morgan fingerprint density at radius 1 is 1.21 bits per heavy atom. The minimum Gasteiger partial charge on any atom is -0.497 e. The molecule has 1 amide bonds. The van der Waals surface area contributed by atoms with Gasteiger partial charge in [-0.15, -0.1) is 0 Å². The normalized spacial score (nSPS) is 18.4. The Bertz CT molecular complexity index is 673. The zero-order valence-electron chi connectivity index (χ0n) is 14.2. The van der Waals surface area contributed by atoms with E-state index in [1.165, 1.54) is 5.56 Å². The van der Waals surface area contributed by atoms with Gasteiger partial charge in [0.1, 0.15) is 5.75 Å². The van der Waals surface area contributed by atoms with Gasteiger partial charge in [-0.25, -0.2) is 0 Å². The number of methoxy groups -OCH3 is 1. The summed E-state index contributed by atoms with van der Waals surface area (Å²) in [5.41, 5.74) is 2.24. The quantitative estimate of drug-likeness (QED) is 0.866. The second kappa shape index (κ2) is 7.45. The molecule has 0 saturated carbocycles. The fourth-order valence-corrected chi connectivity index (χ4v) is 3.14. The van der Waals surface area contributed by atoms with Gasteiger partial charge in [0, 0.05) is 39.3 Å². The highest BCUT2D eigenvalue weighted by Crippen LogP contribution is 2.28. The van der Waals surface area contributed by atoms with Crippen molar-refractivity contribution in [2.45, 2.75) is 19.5 Å². The van der Waals surface area contributed by atoms with Gasteiger partial charge in [-0.05, 0) is 29.8 Å². The number of aromatic nitrogens is 1. The zero-order valence-corrected chi connectivity index (χ0v) is 14.2. The highest BCUT2D eigenvalue weighted by molar-refractivity contribution is 5.73. The van der Waals surface area contributed by atoms with Gasteiger partial charge in [0.15, 0.2) is 0 Å². The summed E-state index contributed by atoms with van der Waals surface area (Å²) >= 11 is 0. The molecule has 2 aromatic rings. The number of benzene rings is 1. The molecule has 1 saturated heterocycles. The molecule has 0 N–H and O–H groups in total. The lowest BCUT2D eigenvalue weighted by atomic mass is 10.0. The maximum Gasteiger partial charge on any atom is 0.219 e. The third kappa shape index (κ3) is 3.74. The minimum absolute atomic E-state index is 0.131. The van der Waals surface area contributed by atoms with E-state index in [4.69, 9.17) is 4.74 Å². The number of ether oxygens (including phenoxy) is 1. The molecular formula is C19H23N3O2. The summed E-state index contributed by atoms with van der Waals surface area (Å²) in [5, 5.41) is 0. The first-order valence-electron chi connectivity index (χ1n) is 8.21. The number of nitrogens with zero attached hydrogens (tertiary/aromatic N) is 3. The third-order valence-electron chi connectivity index (χ3n) is 4.53. The number of piperazine rings is 1. The van der Waals surface area contributed by atoms with E-state index >= 15 is 0 Å². The number of hydrogen-bond acceptors (Lipinski definition) is 4. The van der Waals surface area contributed by atoms with Crippen molar-refractivity contribution in [2.75, 3.05) is 26.7 Å². The monoisotopic (exact) mass is 325 g/mol. The van der Waals surface area contributed by atoms with Gasteiger partial charge in [-0.3, -0.25) is 14.7 Å². The topological polar surface area (TPSA) is 45.7 Å². The molecule has 0 bridgehead atoms. The van der Waals surface area contributed by atoms with Gasteiger partial charge in [0.2, 0.25) is 5.91 Å². The summed E-state index contributed by atoms with van der Waals surface area (Å²) in [6.07, 6.45) is 1.82. The van der Waals surface area contributed by atoms with E-state index < -0.39 is 0 Å². The van der Waals surface area contributed by atoms with E-state index in [1.54, 1.807) is 14.0 Å². The van der Waals surface area contributed by atoms with Crippen LogP contribution in [0.2, 0.25) is 0 Å². The Balaban J connectivity index is 1.83. The van der Waals surface area contributed by atoms with Gasteiger partial charge in [0.25, 0.3) is 0 Å². The van der Waals surface area contributed by atoms with Gasteiger partial charge < -0.3 is 9.64 Å². The average molecular weight is 325 g/mol. The molecule has 1 aliphatic rings. The molecule has 0 radical (unpaired) electrons. The Kier molecular flexibility index (Phi) is 5.11. The standard InChI is InChI=1S/C19H23N3O2/c1-15(23)21-11-12-22(13-17-5-3-4-10-20-17)19(14-21)16-6-8-18(24-2)9-7-16/h3-10,19H,11-14H2,1-2H3/t19-/m1/s1. The Labute approximate surface area is 142 Å². The van der Waals surface area contributed by atoms with Crippen LogP contribution >= 0.6 is 0 Å². The van der Waals surface area contributed by atoms with Gasteiger partial charge >= 0.3 is 0 Å². The second-order valence-corrected chi connectivity index (χ2v) is 6.05. The maximum absolute atomic E-state index is 11.8. The first kappa shape index (κ1) is 16.5. The predicted molar refractivity (Wildman–Crippen MR) is 92.6 cm³/mol. The van der Waals surface area contributed by atoms with Crippen LogP contribution < -0.4 is 4.74 Å². The molecule has 0 aliphatic carbocycles. The van der Waals surface area contributed by atoms with E-state index in [-0.39, 0.29) is 11.9 Å². The first-order valence-corrected chi connectivity index (χ1v) is 8.21. The number of carbonyl (C=O) groups is 1. The third-order valence-corrected chi connectivity index (χ3v) is 4.53. The lowest BCUT2D eigenvalue weighted by molar-refractivity contribution is -0.132. The van der Waals surface area contributed by atoms with E-state index in [0.717, 1.165) is 31.1 Å². The van der Waals surface area contributed by atoms with Crippen LogP contribution in [-0.2, 0) is 11.3 Å². The molecule has 0 unspecified atom stereocenters. The summed E-state index contributed by atoms with van der Waals surface area (Å²) in [6.45, 7) is 4.72. The molecule has 126 valence electrons. The largest absolute Gasteiger partial charge is 0.497 e. The molecule has 24 heavy (non-hydrogen) atoms. The number of hydrogen-bond donors (Lipinski definition) is 0. The van der Waals surface area contributed by atoms with Crippen molar-refractivity contribution in [1.82, 2.24) is 14.8 Å². The molecule has 5 nitrogen and oxygen atoms in total. The van der Waals surface area contributed by atoms with Crippen LogP contribution in [0, 0.1) is 0 Å². The van der Waals surface area contributed by atoms with Crippen molar-refractivity contribution < 1.29 is 9.53 Å². The van der Waals surface area contributed by atoms with Crippen molar-refractivity contribution in [3.8, 4) is 5.75 Å². The van der Waals surface area contributed by atoms with Crippen LogP contribution in [0.4, 0.5) is 0 Å². The molecule has 1 aromatic heterocycles. The molecule has 3 rings (SSSR count). The maximum atomic E-state index is 11.8. The van der Waals surface area contributed by atoms with E-state index in [0.29, 0.717) is 6.54 Å². The molecule has 5 heteroatoms. The van der Waals surface area contributed by atoms with E-state index in [9.17, 15) is 4.79 Å². The van der Waals surface area contributed by atoms with Crippen LogP contribution in [-0.4, -0.2) is 47.4 Å². The second-order valence-electron chi connectivity index (χ2n) is 6.05. The van der Waals surface area contributed by atoms with Crippen LogP contribution in [0.3, 0.4) is 0 Å². The molecule has 2 heterocycles. The highest BCUT2D eigenvalue weighted by Gasteiger charge is 2.29. The number of pyridine rings is 1. The average Bonchev–Trinajstić information content (AvgIpc) is 2.63. The van der Waals surface area contributed by atoms with Crippen LogP contribution in [0.15, 0.2) is 48.7 Å². The van der Waals surface area contributed by atoms with Crippen molar-refractivity contribution in [2.24, 2.45) is 0 Å². The first-order chi connectivity index (χ1) is 11.7. The van der Waals surface area contributed by atoms with Gasteiger partial charge in [0.05, 0.1) is 18.8 Å². The highest BCUT2D eigenvalue weighted by atomic mass is 16.5. The molecular weight excluding hydrogens is 302 g/mol. The van der Waals surface area contributed by atoms with Crippen LogP contribution in [0.5, 0.6) is 5.75 Å². The summed E-state index contributed by atoms with van der Waals surface area (Å²) in [5.74, 6) is 0.972. The summed E-state index contributed by atoms with van der Waals surface area (Å²) < 4.78 is 5.25. The zero-order chi connectivity index (χ0) is 16.9. The lowest BCUT2D eigenvalue weighted by Crippen LogP contribution is -2.49.